The number of para-hydroxylation sites is 1. The summed E-state index contributed by atoms with van der Waals surface area (Å²) in [4.78, 5) is 17.8. The zero-order valence-electron chi connectivity index (χ0n) is 23.7. The van der Waals surface area contributed by atoms with E-state index in [0.717, 1.165) is 60.8 Å². The van der Waals surface area contributed by atoms with E-state index in [1.807, 2.05) is 37.3 Å². The Morgan fingerprint density at radius 1 is 1.12 bits per heavy atom. The molecule has 2 atom stereocenters. The van der Waals surface area contributed by atoms with E-state index >= 15 is 0 Å². The number of aromatic nitrogens is 2. The lowest BCUT2D eigenvalue weighted by atomic mass is 9.72. The number of rotatable bonds is 7. The number of pyridine rings is 1. The SMILES string of the molecule is Cc1cc([C+]2N=Nc3ccc(C(=O)NC4CCCC(CO)(Cn5c(C)c(C6CC6)c6ccccc65)C4)cc32)ccn1. The monoisotopic (exact) mass is 546 g/mol. The fourth-order valence-electron chi connectivity index (χ4n) is 7.08. The van der Waals surface area contributed by atoms with Crippen molar-refractivity contribution in [3.8, 4) is 0 Å². The van der Waals surface area contributed by atoms with Crippen molar-refractivity contribution >= 4 is 22.5 Å². The third-order valence-corrected chi connectivity index (χ3v) is 9.31. The summed E-state index contributed by atoms with van der Waals surface area (Å²) in [5.41, 5.74) is 7.87. The molecule has 4 aromatic rings. The summed E-state index contributed by atoms with van der Waals surface area (Å²) < 4.78 is 2.44. The van der Waals surface area contributed by atoms with Gasteiger partial charge in [0.2, 0.25) is 0 Å². The second kappa shape index (κ2) is 10.1. The third-order valence-electron chi connectivity index (χ3n) is 9.31. The molecule has 7 heteroatoms. The third kappa shape index (κ3) is 4.72. The van der Waals surface area contributed by atoms with Crippen LogP contribution in [0.25, 0.3) is 10.9 Å². The molecular weight excluding hydrogens is 510 g/mol. The first-order valence-electron chi connectivity index (χ1n) is 14.8. The summed E-state index contributed by atoms with van der Waals surface area (Å²) >= 11 is 0. The van der Waals surface area contributed by atoms with Gasteiger partial charge < -0.3 is 15.0 Å². The number of hydrogen-bond donors (Lipinski definition) is 2. The average molecular weight is 547 g/mol. The molecule has 1 aliphatic heterocycles. The second-order valence-electron chi connectivity index (χ2n) is 12.3. The number of aliphatic hydroxyl groups excluding tert-OH is 1. The van der Waals surface area contributed by atoms with Crippen LogP contribution in [0.1, 0.15) is 82.9 Å². The molecule has 3 heterocycles. The average Bonchev–Trinajstić information content (AvgIpc) is 3.67. The summed E-state index contributed by atoms with van der Waals surface area (Å²) in [6.45, 7) is 5.06. The summed E-state index contributed by atoms with van der Waals surface area (Å²) in [5.74, 6) is 0.570. The Kier molecular flexibility index (Phi) is 6.42. The number of carbonyl (C=O) groups excluding carboxylic acids is 1. The lowest BCUT2D eigenvalue weighted by Gasteiger charge is -2.40. The summed E-state index contributed by atoms with van der Waals surface area (Å²) in [6.07, 6.45) is 7.88. The highest BCUT2D eigenvalue weighted by Gasteiger charge is 2.39. The van der Waals surface area contributed by atoms with Crippen molar-refractivity contribution in [2.45, 2.75) is 70.9 Å². The molecule has 41 heavy (non-hydrogen) atoms. The van der Waals surface area contributed by atoms with Crippen LogP contribution in [-0.4, -0.2) is 33.2 Å². The summed E-state index contributed by atoms with van der Waals surface area (Å²) in [5, 5.41) is 24.2. The molecule has 0 bridgehead atoms. The van der Waals surface area contributed by atoms with Gasteiger partial charge in [-0.05, 0) is 69.6 Å². The second-order valence-corrected chi connectivity index (χ2v) is 12.3. The van der Waals surface area contributed by atoms with Crippen LogP contribution in [-0.2, 0) is 6.54 Å². The Morgan fingerprint density at radius 3 is 2.78 bits per heavy atom. The highest BCUT2D eigenvalue weighted by molar-refractivity contribution is 5.95. The maximum absolute atomic E-state index is 13.5. The van der Waals surface area contributed by atoms with Crippen LogP contribution in [0.4, 0.5) is 5.69 Å². The number of hydrogen-bond acceptors (Lipinski definition) is 5. The van der Waals surface area contributed by atoms with Gasteiger partial charge in [0.05, 0.1) is 24.1 Å². The van der Waals surface area contributed by atoms with Crippen molar-refractivity contribution in [2.24, 2.45) is 15.6 Å². The Hall–Kier alpha value is -3.97. The molecule has 2 N–H and O–H groups in total. The van der Waals surface area contributed by atoms with E-state index in [4.69, 9.17) is 0 Å². The normalized spacial score (nSPS) is 21.8. The van der Waals surface area contributed by atoms with Gasteiger partial charge in [0.25, 0.3) is 5.91 Å². The largest absolute Gasteiger partial charge is 0.396 e. The van der Waals surface area contributed by atoms with Crippen molar-refractivity contribution in [1.82, 2.24) is 14.9 Å². The number of nitrogens with zero attached hydrogens (tertiary/aromatic N) is 4. The molecule has 0 spiro atoms. The standard InChI is InChI=1S/C34H35N5O2/c1-21-16-24(13-15-35-21)32-28-17-25(11-12-29(28)37-38-32)33(41)36-26-6-5-14-34(18-26,20-40)19-39-22(2)31(23-9-10-23)27-7-3-4-8-30(27)39/h3-4,7-8,11-13,15-17,23,26,40H,5-6,9-10,14,18-20H2,1-2H3/p+1. The van der Waals surface area contributed by atoms with Crippen LogP contribution in [0.2, 0.25) is 0 Å². The molecule has 7 rings (SSSR count). The Balaban J connectivity index is 1.10. The fraction of sp³-hybridized carbons (Fsp3) is 0.382. The maximum Gasteiger partial charge on any atom is 0.259 e. The predicted octanol–water partition coefficient (Wildman–Crippen LogP) is 6.91. The van der Waals surface area contributed by atoms with Gasteiger partial charge in [0, 0.05) is 58.9 Å². The number of nitrogens with one attached hydrogen (secondary N) is 1. The molecule has 3 aliphatic rings. The van der Waals surface area contributed by atoms with Gasteiger partial charge in [0.15, 0.2) is 11.7 Å². The minimum Gasteiger partial charge on any atom is -0.396 e. The lowest BCUT2D eigenvalue weighted by molar-refractivity contribution is 0.0485. The van der Waals surface area contributed by atoms with Crippen molar-refractivity contribution < 1.29 is 9.90 Å². The van der Waals surface area contributed by atoms with Crippen molar-refractivity contribution in [3.63, 3.8) is 0 Å². The van der Waals surface area contributed by atoms with Crippen molar-refractivity contribution in [1.29, 1.82) is 0 Å². The van der Waals surface area contributed by atoms with Crippen LogP contribution in [0.5, 0.6) is 0 Å². The molecule has 2 saturated carbocycles. The molecule has 2 fully saturated rings. The molecule has 7 nitrogen and oxygen atoms in total. The summed E-state index contributed by atoms with van der Waals surface area (Å²) in [7, 11) is 0. The Bertz CT molecular complexity index is 1670. The topological polar surface area (TPSA) is 91.9 Å². The van der Waals surface area contributed by atoms with Crippen LogP contribution in [0.3, 0.4) is 0 Å². The Labute approximate surface area is 240 Å². The van der Waals surface area contributed by atoms with Crippen LogP contribution in [0.15, 0.2) is 71.0 Å². The minimum absolute atomic E-state index is 0.00219. The molecule has 2 aromatic carbocycles. The molecule has 208 valence electrons. The molecule has 2 unspecified atom stereocenters. The molecule has 0 radical (unpaired) electrons. The van der Waals surface area contributed by atoms with E-state index in [1.54, 1.807) is 6.20 Å². The maximum atomic E-state index is 13.5. The lowest BCUT2D eigenvalue weighted by Crippen LogP contribution is -2.45. The number of azo groups is 1. The Morgan fingerprint density at radius 2 is 1.98 bits per heavy atom. The van der Waals surface area contributed by atoms with Gasteiger partial charge >= 0.3 is 0 Å². The highest BCUT2D eigenvalue weighted by Crippen LogP contribution is 2.47. The van der Waals surface area contributed by atoms with E-state index in [9.17, 15) is 9.90 Å². The molecule has 2 aromatic heterocycles. The van der Waals surface area contributed by atoms with E-state index in [0.29, 0.717) is 11.5 Å². The first kappa shape index (κ1) is 26.0. The van der Waals surface area contributed by atoms with Gasteiger partial charge in [-0.1, -0.05) is 34.8 Å². The molecule has 0 saturated heterocycles. The van der Waals surface area contributed by atoms with Crippen LogP contribution >= 0.6 is 0 Å². The number of benzene rings is 2. The highest BCUT2D eigenvalue weighted by atomic mass is 16.3. The zero-order valence-corrected chi connectivity index (χ0v) is 23.7. The fourth-order valence-corrected chi connectivity index (χ4v) is 7.08. The quantitative estimate of drug-likeness (QED) is 0.247. The number of aryl methyl sites for hydroxylation is 1. The number of amides is 1. The van der Waals surface area contributed by atoms with Crippen LogP contribution < -0.4 is 5.32 Å². The van der Waals surface area contributed by atoms with Gasteiger partial charge in [-0.3, -0.25) is 4.79 Å². The van der Waals surface area contributed by atoms with Gasteiger partial charge in [-0.15, -0.1) is 0 Å². The van der Waals surface area contributed by atoms with E-state index in [-0.39, 0.29) is 24.0 Å². The predicted molar refractivity (Wildman–Crippen MR) is 159 cm³/mol. The van der Waals surface area contributed by atoms with E-state index < -0.39 is 0 Å². The number of fused-ring (bicyclic) bond motifs is 2. The number of aliphatic hydroxyl groups is 1. The first-order valence-corrected chi connectivity index (χ1v) is 14.8. The molecule has 1 amide bonds. The van der Waals surface area contributed by atoms with Crippen molar-refractivity contribution in [2.75, 3.05) is 6.61 Å². The van der Waals surface area contributed by atoms with Crippen LogP contribution in [0, 0.1) is 25.3 Å². The smallest absolute Gasteiger partial charge is 0.259 e. The first-order chi connectivity index (χ1) is 19.9. The van der Waals surface area contributed by atoms with E-state index in [1.165, 1.54) is 35.0 Å². The van der Waals surface area contributed by atoms with Gasteiger partial charge in [-0.25, -0.2) is 4.98 Å². The molecule has 2 aliphatic carbocycles. The minimum atomic E-state index is -0.278. The van der Waals surface area contributed by atoms with Crippen molar-refractivity contribution in [3.05, 3.63) is 100 Å². The van der Waals surface area contributed by atoms with E-state index in [2.05, 4.69) is 56.3 Å². The summed E-state index contributed by atoms with van der Waals surface area (Å²) in [6, 6.07) is 19.0. The van der Waals surface area contributed by atoms with Gasteiger partial charge in [0.1, 0.15) is 11.1 Å². The number of carbonyl (C=O) groups is 1. The molecular formula is C34H36N5O2+. The zero-order chi connectivity index (χ0) is 28.1. The van der Waals surface area contributed by atoms with Gasteiger partial charge in [-0.2, -0.15) is 0 Å².